The third-order valence-electron chi connectivity index (χ3n) is 8.16. The van der Waals surface area contributed by atoms with E-state index in [0.29, 0.717) is 41.1 Å². The average Bonchev–Trinajstić information content (AvgIpc) is 3.65. The number of benzene rings is 3. The highest BCUT2D eigenvalue weighted by Crippen LogP contribution is 2.36. The molecule has 47 heavy (non-hydrogen) atoms. The second-order valence-electron chi connectivity index (χ2n) is 11.4. The van der Waals surface area contributed by atoms with Gasteiger partial charge in [0.2, 0.25) is 10.0 Å². The minimum absolute atomic E-state index is 0.0705. The highest BCUT2D eigenvalue weighted by Gasteiger charge is 2.27. The number of carbonyl (C=O) groups is 2. The molecule has 3 aromatic carbocycles. The summed E-state index contributed by atoms with van der Waals surface area (Å²) in [6.45, 7) is 0. The molecule has 3 aromatic heterocycles. The first-order valence-corrected chi connectivity index (χ1v) is 16.7. The van der Waals surface area contributed by atoms with E-state index in [4.69, 9.17) is 15.7 Å². The lowest BCUT2D eigenvalue weighted by Gasteiger charge is -2.16. The van der Waals surface area contributed by atoms with Crippen molar-refractivity contribution in [3.05, 3.63) is 119 Å². The molecule has 1 aliphatic rings. The molecule has 7 rings (SSSR count). The lowest BCUT2D eigenvalue weighted by Crippen LogP contribution is -2.27. The number of anilines is 2. The summed E-state index contributed by atoms with van der Waals surface area (Å²) >= 11 is 0. The van der Waals surface area contributed by atoms with Crippen molar-refractivity contribution in [2.75, 3.05) is 16.7 Å². The Labute approximate surface area is 270 Å². The van der Waals surface area contributed by atoms with Crippen LogP contribution in [-0.2, 0) is 16.4 Å². The molecule has 0 bridgehead atoms. The number of pyridine rings is 2. The van der Waals surface area contributed by atoms with Gasteiger partial charge in [0.15, 0.2) is 17.8 Å². The number of nitrogens with zero attached hydrogens (tertiary/aromatic N) is 4. The molecular weight excluding hydrogens is 614 g/mol. The Morgan fingerprint density at radius 3 is 2.57 bits per heavy atom. The van der Waals surface area contributed by atoms with E-state index < -0.39 is 10.0 Å². The number of aromatic nitrogens is 4. The van der Waals surface area contributed by atoms with Gasteiger partial charge in [0.25, 0.3) is 5.91 Å². The standard InChI is InChI=1S/C35H29N7O4S/c1-47(45,46)41-29-13-10-23(18-24(29)20-43)35(44)40-30-14-9-22-19-25(11-12-26(22)30)42-33(27-8-5-17-37-32(27)36)39-31-16-15-28(38-34(31)42)21-6-3-2-4-7-21/h2-8,10-13,15-20,30,41H,9,14H2,1H3,(H2,36,37)(H,40,44)/t30-/m0/s1. The average molecular weight is 644 g/mol. The molecule has 11 nitrogen and oxygen atoms in total. The topological polar surface area (TPSA) is 162 Å². The van der Waals surface area contributed by atoms with Crippen LogP contribution in [0.2, 0.25) is 0 Å². The Morgan fingerprint density at radius 1 is 0.979 bits per heavy atom. The van der Waals surface area contributed by atoms with Crippen molar-refractivity contribution in [3.63, 3.8) is 0 Å². The summed E-state index contributed by atoms with van der Waals surface area (Å²) in [6.07, 6.45) is 4.56. The van der Waals surface area contributed by atoms with E-state index in [2.05, 4.69) is 21.1 Å². The van der Waals surface area contributed by atoms with Crippen LogP contribution in [0.15, 0.2) is 97.2 Å². The molecule has 0 radical (unpaired) electrons. The molecule has 1 amide bonds. The zero-order chi connectivity index (χ0) is 32.7. The minimum atomic E-state index is -3.59. The number of rotatable bonds is 8. The van der Waals surface area contributed by atoms with Gasteiger partial charge in [-0.3, -0.25) is 18.9 Å². The van der Waals surface area contributed by atoms with Crippen LogP contribution in [0.4, 0.5) is 11.5 Å². The number of nitrogens with two attached hydrogens (primary N) is 1. The van der Waals surface area contributed by atoms with Crippen LogP contribution in [-0.4, -0.2) is 46.4 Å². The number of nitrogen functional groups attached to an aromatic ring is 1. The van der Waals surface area contributed by atoms with Gasteiger partial charge in [0.1, 0.15) is 11.3 Å². The van der Waals surface area contributed by atoms with Crippen LogP contribution in [0.5, 0.6) is 0 Å². The van der Waals surface area contributed by atoms with Gasteiger partial charge in [-0.15, -0.1) is 0 Å². The SMILES string of the molecule is CS(=O)(=O)Nc1ccc(C(=O)N[C@H]2CCc3cc(-n4c(-c5cccnc5N)nc5ccc(-c6ccccc6)nc54)ccc32)cc1C=O. The number of hydrogen-bond acceptors (Lipinski definition) is 8. The Bertz CT molecular complexity index is 2300. The first kappa shape index (κ1) is 29.8. The summed E-state index contributed by atoms with van der Waals surface area (Å²) in [6, 6.07) is 27.6. The first-order valence-electron chi connectivity index (χ1n) is 14.9. The molecule has 0 saturated carbocycles. The molecule has 0 fully saturated rings. The van der Waals surface area contributed by atoms with Gasteiger partial charge in [0.05, 0.1) is 29.2 Å². The largest absolute Gasteiger partial charge is 0.383 e. The Kier molecular flexibility index (Phi) is 7.49. The maximum absolute atomic E-state index is 13.3. The highest BCUT2D eigenvalue weighted by molar-refractivity contribution is 7.92. The van der Waals surface area contributed by atoms with E-state index in [1.807, 2.05) is 71.3 Å². The maximum Gasteiger partial charge on any atom is 0.251 e. The summed E-state index contributed by atoms with van der Waals surface area (Å²) in [7, 11) is -3.59. The second-order valence-corrected chi connectivity index (χ2v) is 13.1. The normalized spacial score (nSPS) is 14.1. The van der Waals surface area contributed by atoms with Gasteiger partial charge in [-0.2, -0.15) is 0 Å². The van der Waals surface area contributed by atoms with Crippen LogP contribution in [0.3, 0.4) is 0 Å². The van der Waals surface area contributed by atoms with Gasteiger partial charge in [0, 0.05) is 28.6 Å². The van der Waals surface area contributed by atoms with Crippen molar-refractivity contribution in [1.82, 2.24) is 24.8 Å². The lowest BCUT2D eigenvalue weighted by molar-refractivity contribution is 0.0936. The summed E-state index contributed by atoms with van der Waals surface area (Å²) in [5, 5.41) is 3.07. The molecule has 3 heterocycles. The fourth-order valence-corrected chi connectivity index (χ4v) is 6.57. The van der Waals surface area contributed by atoms with Crippen molar-refractivity contribution in [3.8, 4) is 28.3 Å². The monoisotopic (exact) mass is 643 g/mol. The summed E-state index contributed by atoms with van der Waals surface area (Å²) in [5.41, 5.74) is 13.5. The summed E-state index contributed by atoms with van der Waals surface area (Å²) in [5.74, 6) is 0.605. The van der Waals surface area contributed by atoms with Gasteiger partial charge >= 0.3 is 0 Å². The van der Waals surface area contributed by atoms with E-state index >= 15 is 0 Å². The molecule has 1 aliphatic carbocycles. The Morgan fingerprint density at radius 2 is 1.81 bits per heavy atom. The number of aldehydes is 1. The quantitative estimate of drug-likeness (QED) is 0.188. The van der Waals surface area contributed by atoms with Crippen molar-refractivity contribution < 1.29 is 18.0 Å². The van der Waals surface area contributed by atoms with Gasteiger partial charge in [-0.05, 0) is 78.6 Å². The molecule has 0 spiro atoms. The molecule has 1 atom stereocenters. The number of fused-ring (bicyclic) bond motifs is 2. The lowest BCUT2D eigenvalue weighted by atomic mass is 10.1. The van der Waals surface area contributed by atoms with Crippen molar-refractivity contribution in [2.24, 2.45) is 0 Å². The number of nitrogens with one attached hydrogen (secondary N) is 2. The summed E-state index contributed by atoms with van der Waals surface area (Å²) in [4.78, 5) is 39.2. The van der Waals surface area contributed by atoms with Crippen LogP contribution >= 0.6 is 0 Å². The smallest absolute Gasteiger partial charge is 0.251 e. The third-order valence-corrected chi connectivity index (χ3v) is 8.75. The van der Waals surface area contributed by atoms with Crippen LogP contribution in [0.25, 0.3) is 39.5 Å². The van der Waals surface area contributed by atoms with Crippen LogP contribution in [0.1, 0.15) is 44.3 Å². The van der Waals surface area contributed by atoms with Gasteiger partial charge in [-0.25, -0.2) is 23.4 Å². The van der Waals surface area contributed by atoms with Crippen LogP contribution < -0.4 is 15.8 Å². The number of imidazole rings is 1. The number of hydrogen-bond donors (Lipinski definition) is 3. The zero-order valence-corrected chi connectivity index (χ0v) is 26.0. The number of sulfonamides is 1. The minimum Gasteiger partial charge on any atom is -0.383 e. The Hall–Kier alpha value is -5.88. The second kappa shape index (κ2) is 11.8. The van der Waals surface area contributed by atoms with E-state index in [9.17, 15) is 18.0 Å². The molecule has 12 heteroatoms. The fraction of sp³-hybridized carbons (Fsp3) is 0.114. The van der Waals surface area contributed by atoms with Crippen molar-refractivity contribution in [1.29, 1.82) is 0 Å². The molecule has 0 saturated heterocycles. The molecule has 234 valence electrons. The molecule has 4 N–H and O–H groups in total. The third kappa shape index (κ3) is 5.82. The van der Waals surface area contributed by atoms with E-state index in [1.54, 1.807) is 6.20 Å². The predicted molar refractivity (Wildman–Crippen MR) is 181 cm³/mol. The maximum atomic E-state index is 13.3. The van der Waals surface area contributed by atoms with Gasteiger partial charge in [-0.1, -0.05) is 36.4 Å². The molecular formula is C35H29N7O4S. The molecule has 6 aromatic rings. The van der Waals surface area contributed by atoms with Crippen molar-refractivity contribution >= 4 is 44.9 Å². The zero-order valence-electron chi connectivity index (χ0n) is 25.2. The van der Waals surface area contributed by atoms with E-state index in [-0.39, 0.29) is 28.8 Å². The molecule has 0 aliphatic heterocycles. The Balaban J connectivity index is 1.24. The predicted octanol–water partition coefficient (Wildman–Crippen LogP) is 5.33. The highest BCUT2D eigenvalue weighted by atomic mass is 32.2. The van der Waals surface area contributed by atoms with Crippen molar-refractivity contribution in [2.45, 2.75) is 18.9 Å². The fourth-order valence-electron chi connectivity index (χ4n) is 5.99. The number of aryl methyl sites for hydroxylation is 1. The van der Waals surface area contributed by atoms with Gasteiger partial charge < -0.3 is 11.1 Å². The number of amides is 1. The summed E-state index contributed by atoms with van der Waals surface area (Å²) < 4.78 is 27.6. The van der Waals surface area contributed by atoms with E-state index in [1.165, 1.54) is 18.2 Å². The van der Waals surface area contributed by atoms with E-state index in [0.717, 1.165) is 40.7 Å². The first-order chi connectivity index (χ1) is 22.7. The molecule has 0 unspecified atom stereocenters. The number of carbonyl (C=O) groups excluding carboxylic acids is 2. The van der Waals surface area contributed by atoms with Crippen LogP contribution in [0, 0.1) is 0 Å².